The van der Waals surface area contributed by atoms with Crippen molar-refractivity contribution in [3.05, 3.63) is 5.89 Å². The van der Waals surface area contributed by atoms with E-state index in [9.17, 15) is 0 Å². The lowest BCUT2D eigenvalue weighted by Crippen LogP contribution is -2.19. The highest BCUT2D eigenvalue weighted by molar-refractivity contribution is 5.20. The van der Waals surface area contributed by atoms with Crippen LogP contribution in [0.25, 0.3) is 0 Å². The monoisotopic (exact) mass is 252 g/mol. The minimum absolute atomic E-state index is 0.113. The smallest absolute Gasteiger partial charge is 0.315 e. The maximum atomic E-state index is 5.64. The van der Waals surface area contributed by atoms with Gasteiger partial charge in [0.05, 0.1) is 6.04 Å². The Morgan fingerprint density at radius 1 is 1.33 bits per heavy atom. The molecule has 1 fully saturated rings. The molecular weight excluding hydrogens is 228 g/mol. The van der Waals surface area contributed by atoms with Gasteiger partial charge in [-0.15, -0.1) is 5.10 Å². The van der Waals surface area contributed by atoms with Gasteiger partial charge in [0, 0.05) is 6.04 Å². The predicted octanol–water partition coefficient (Wildman–Crippen LogP) is 2.73. The third-order valence-electron chi connectivity index (χ3n) is 3.46. The van der Waals surface area contributed by atoms with Gasteiger partial charge in [-0.25, -0.2) is 0 Å². The van der Waals surface area contributed by atoms with Crippen molar-refractivity contribution in [2.45, 2.75) is 58.5 Å². The van der Waals surface area contributed by atoms with Crippen LogP contribution in [0.5, 0.6) is 0 Å². The number of hydrogen-bond acceptors (Lipinski definition) is 5. The van der Waals surface area contributed by atoms with Crippen LogP contribution in [0.1, 0.15) is 58.4 Å². The molecule has 1 aliphatic carbocycles. The Bertz CT molecular complexity index is 362. The first-order chi connectivity index (χ1) is 8.72. The molecule has 0 aromatic carbocycles. The zero-order chi connectivity index (χ0) is 13.0. The number of nitrogens with one attached hydrogen (secondary N) is 2. The third kappa shape index (κ3) is 3.70. The molecule has 5 nitrogen and oxygen atoms in total. The van der Waals surface area contributed by atoms with Crippen molar-refractivity contribution in [3.63, 3.8) is 0 Å². The molecule has 1 aliphatic rings. The van der Waals surface area contributed by atoms with E-state index in [1.165, 1.54) is 19.3 Å². The fourth-order valence-corrected chi connectivity index (χ4v) is 2.12. The second-order valence-corrected chi connectivity index (χ2v) is 5.15. The van der Waals surface area contributed by atoms with Gasteiger partial charge in [0.15, 0.2) is 0 Å². The van der Waals surface area contributed by atoms with Gasteiger partial charge >= 0.3 is 6.01 Å². The molecule has 0 spiro atoms. The van der Waals surface area contributed by atoms with Crippen molar-refractivity contribution in [2.75, 3.05) is 11.9 Å². The second kappa shape index (κ2) is 6.18. The summed E-state index contributed by atoms with van der Waals surface area (Å²) in [4.78, 5) is 0. The van der Waals surface area contributed by atoms with Gasteiger partial charge in [-0.2, -0.15) is 0 Å². The predicted molar refractivity (Wildman–Crippen MR) is 71.4 cm³/mol. The number of aromatic nitrogens is 2. The Morgan fingerprint density at radius 3 is 2.72 bits per heavy atom. The zero-order valence-corrected chi connectivity index (χ0v) is 11.6. The van der Waals surface area contributed by atoms with Gasteiger partial charge < -0.3 is 15.1 Å². The lowest BCUT2D eigenvalue weighted by Gasteiger charge is -2.14. The van der Waals surface area contributed by atoms with E-state index >= 15 is 0 Å². The molecule has 2 unspecified atom stereocenters. The fourth-order valence-electron chi connectivity index (χ4n) is 2.12. The number of anilines is 1. The van der Waals surface area contributed by atoms with E-state index in [2.05, 4.69) is 34.7 Å². The minimum Gasteiger partial charge on any atom is -0.406 e. The van der Waals surface area contributed by atoms with Crippen molar-refractivity contribution in [1.29, 1.82) is 0 Å². The Kier molecular flexibility index (Phi) is 4.58. The van der Waals surface area contributed by atoms with Crippen LogP contribution >= 0.6 is 0 Å². The molecule has 0 radical (unpaired) electrons. The average Bonchev–Trinajstić information content (AvgIpc) is 3.05. The van der Waals surface area contributed by atoms with Crippen LogP contribution in [0.15, 0.2) is 4.42 Å². The molecule has 0 saturated heterocycles. The zero-order valence-electron chi connectivity index (χ0n) is 11.6. The van der Waals surface area contributed by atoms with E-state index in [4.69, 9.17) is 4.42 Å². The Hall–Kier alpha value is -1.10. The molecule has 2 N–H and O–H groups in total. The van der Waals surface area contributed by atoms with Gasteiger partial charge in [-0.05, 0) is 32.2 Å². The van der Waals surface area contributed by atoms with E-state index in [1.54, 1.807) is 0 Å². The maximum Gasteiger partial charge on any atom is 0.315 e. The number of nitrogens with zero attached hydrogens (tertiary/aromatic N) is 2. The lowest BCUT2D eigenvalue weighted by molar-refractivity contribution is 0.424. The quantitative estimate of drug-likeness (QED) is 0.745. The van der Waals surface area contributed by atoms with Crippen LogP contribution in [0.4, 0.5) is 6.01 Å². The molecule has 0 bridgehead atoms. The van der Waals surface area contributed by atoms with Crippen molar-refractivity contribution < 1.29 is 4.42 Å². The first-order valence-electron chi connectivity index (χ1n) is 7.06. The molecule has 5 heteroatoms. The van der Waals surface area contributed by atoms with Crippen LogP contribution in [0.2, 0.25) is 0 Å². The minimum atomic E-state index is 0.113. The van der Waals surface area contributed by atoms with E-state index in [0.29, 0.717) is 17.9 Å². The van der Waals surface area contributed by atoms with Crippen molar-refractivity contribution in [3.8, 4) is 0 Å². The summed E-state index contributed by atoms with van der Waals surface area (Å²) in [6.45, 7) is 7.18. The highest BCUT2D eigenvalue weighted by Crippen LogP contribution is 2.34. The number of hydrogen-bond donors (Lipinski definition) is 2. The molecule has 1 aromatic rings. The van der Waals surface area contributed by atoms with Crippen LogP contribution in [-0.4, -0.2) is 22.8 Å². The molecule has 18 heavy (non-hydrogen) atoms. The normalized spacial score (nSPS) is 18.6. The topological polar surface area (TPSA) is 63.0 Å². The summed E-state index contributed by atoms with van der Waals surface area (Å²) in [6.07, 6.45) is 5.07. The summed E-state index contributed by atoms with van der Waals surface area (Å²) >= 11 is 0. The fraction of sp³-hybridized carbons (Fsp3) is 0.846. The summed E-state index contributed by atoms with van der Waals surface area (Å²) in [5, 5.41) is 14.8. The van der Waals surface area contributed by atoms with Gasteiger partial charge in [0.1, 0.15) is 0 Å². The molecule has 2 atom stereocenters. The van der Waals surface area contributed by atoms with E-state index < -0.39 is 0 Å². The van der Waals surface area contributed by atoms with E-state index in [-0.39, 0.29) is 6.04 Å². The molecule has 102 valence electrons. The summed E-state index contributed by atoms with van der Waals surface area (Å²) in [6, 6.07) is 1.13. The van der Waals surface area contributed by atoms with Crippen molar-refractivity contribution in [1.82, 2.24) is 15.5 Å². The Labute approximate surface area is 109 Å². The average molecular weight is 252 g/mol. The summed E-state index contributed by atoms with van der Waals surface area (Å²) in [7, 11) is 0. The summed E-state index contributed by atoms with van der Waals surface area (Å²) in [5.41, 5.74) is 0. The molecule has 2 rings (SSSR count). The first-order valence-corrected chi connectivity index (χ1v) is 7.06. The highest BCUT2D eigenvalue weighted by Gasteiger charge is 2.25. The lowest BCUT2D eigenvalue weighted by atomic mass is 10.1. The second-order valence-electron chi connectivity index (χ2n) is 5.15. The van der Waals surface area contributed by atoms with Crippen LogP contribution in [-0.2, 0) is 0 Å². The van der Waals surface area contributed by atoms with E-state index in [1.807, 2.05) is 6.92 Å². The Balaban J connectivity index is 1.87. The maximum absolute atomic E-state index is 5.64. The van der Waals surface area contributed by atoms with E-state index in [0.717, 1.165) is 18.9 Å². The Morgan fingerprint density at radius 2 is 2.11 bits per heavy atom. The van der Waals surface area contributed by atoms with Crippen molar-refractivity contribution >= 4 is 6.01 Å². The first kappa shape index (κ1) is 13.3. The van der Waals surface area contributed by atoms with Crippen molar-refractivity contribution in [2.24, 2.45) is 5.92 Å². The molecule has 0 amide bonds. The molecule has 1 heterocycles. The van der Waals surface area contributed by atoms with Gasteiger partial charge in [-0.3, -0.25) is 0 Å². The SMILES string of the molecule is CCNC(C)c1nnc(NC(CC)CC2CC2)o1. The highest BCUT2D eigenvalue weighted by atomic mass is 16.4. The molecule has 1 saturated carbocycles. The number of rotatable bonds is 8. The van der Waals surface area contributed by atoms with Crippen LogP contribution in [0, 0.1) is 5.92 Å². The summed E-state index contributed by atoms with van der Waals surface area (Å²) in [5.74, 6) is 1.56. The molecule has 0 aliphatic heterocycles. The summed E-state index contributed by atoms with van der Waals surface area (Å²) < 4.78 is 5.64. The molecular formula is C13H24N4O. The molecule has 1 aromatic heterocycles. The van der Waals surface area contributed by atoms with Crippen LogP contribution in [0.3, 0.4) is 0 Å². The van der Waals surface area contributed by atoms with Crippen LogP contribution < -0.4 is 10.6 Å². The standard InChI is InChI=1S/C13H24N4O/c1-4-11(8-10-6-7-10)15-13-17-16-12(18-13)9(3)14-5-2/h9-11,14H,4-8H2,1-3H3,(H,15,17). The van der Waals surface area contributed by atoms with Gasteiger partial charge in [0.2, 0.25) is 5.89 Å². The third-order valence-corrected chi connectivity index (χ3v) is 3.46. The van der Waals surface area contributed by atoms with Gasteiger partial charge in [-0.1, -0.05) is 31.8 Å². The largest absolute Gasteiger partial charge is 0.406 e. The van der Waals surface area contributed by atoms with Gasteiger partial charge in [0.25, 0.3) is 0 Å².